The van der Waals surface area contributed by atoms with Crippen molar-refractivity contribution in [2.75, 3.05) is 36.7 Å². The van der Waals surface area contributed by atoms with Gasteiger partial charge < -0.3 is 19.5 Å². The van der Waals surface area contributed by atoms with E-state index in [0.29, 0.717) is 28.6 Å². The summed E-state index contributed by atoms with van der Waals surface area (Å²) in [5, 5.41) is 2.70. The fraction of sp³-hybridized carbons (Fsp3) is 0.208. The van der Waals surface area contributed by atoms with Gasteiger partial charge in [0, 0.05) is 11.6 Å². The van der Waals surface area contributed by atoms with E-state index >= 15 is 0 Å². The van der Waals surface area contributed by atoms with Crippen molar-refractivity contribution in [3.63, 3.8) is 0 Å². The van der Waals surface area contributed by atoms with Crippen molar-refractivity contribution in [1.82, 2.24) is 0 Å². The van der Waals surface area contributed by atoms with E-state index < -0.39 is 21.7 Å². The number of nitrogens with zero attached hydrogens (tertiary/aromatic N) is 1. The molecular weight excluding hydrogens is 463 g/mol. The third-order valence-corrected chi connectivity index (χ3v) is 5.99. The smallest absolute Gasteiger partial charge is 0.262 e. The standard InChI is InChI=1S/C24H25FN2O6S/c1-31-20-12-13-22(23(14-20)32-2)26-24(28)16-33-19-10-8-18(9-11-19)27(34(3,29)30)15-17-6-4-5-7-21(17)25/h4-14H,15-16H2,1-3H3,(H,26,28). The SMILES string of the molecule is COc1ccc(NC(=O)COc2ccc(N(Cc3ccccc3F)S(C)(=O)=O)cc2)c(OC)c1. The molecular formula is C24H25FN2O6S. The highest BCUT2D eigenvalue weighted by Gasteiger charge is 2.19. The molecule has 3 aromatic rings. The van der Waals surface area contributed by atoms with Crippen molar-refractivity contribution in [3.8, 4) is 17.2 Å². The molecule has 8 nitrogen and oxygen atoms in total. The van der Waals surface area contributed by atoms with Gasteiger partial charge in [0.1, 0.15) is 23.1 Å². The average Bonchev–Trinajstić information content (AvgIpc) is 2.82. The lowest BCUT2D eigenvalue weighted by molar-refractivity contribution is -0.118. The maximum Gasteiger partial charge on any atom is 0.262 e. The second-order valence-corrected chi connectivity index (χ2v) is 9.16. The van der Waals surface area contributed by atoms with E-state index in [0.717, 1.165) is 10.6 Å². The first-order valence-electron chi connectivity index (χ1n) is 10.2. The van der Waals surface area contributed by atoms with Crippen LogP contribution in [0.25, 0.3) is 0 Å². The largest absolute Gasteiger partial charge is 0.497 e. The molecule has 1 amide bonds. The first kappa shape index (κ1) is 24.8. The summed E-state index contributed by atoms with van der Waals surface area (Å²) in [5.74, 6) is 0.484. The van der Waals surface area contributed by atoms with Crippen LogP contribution in [0.5, 0.6) is 17.2 Å². The summed E-state index contributed by atoms with van der Waals surface area (Å²) >= 11 is 0. The van der Waals surface area contributed by atoms with Gasteiger partial charge in [-0.1, -0.05) is 18.2 Å². The van der Waals surface area contributed by atoms with Crippen LogP contribution in [0.1, 0.15) is 5.56 Å². The number of hydrogen-bond acceptors (Lipinski definition) is 6. The van der Waals surface area contributed by atoms with Crippen molar-refractivity contribution in [2.24, 2.45) is 0 Å². The number of rotatable bonds is 10. The summed E-state index contributed by atoms with van der Waals surface area (Å²) in [6.45, 7) is -0.433. The molecule has 0 saturated heterocycles. The number of carbonyl (C=O) groups excluding carboxylic acids is 1. The number of ether oxygens (including phenoxy) is 3. The van der Waals surface area contributed by atoms with Crippen molar-refractivity contribution in [2.45, 2.75) is 6.54 Å². The molecule has 3 rings (SSSR count). The molecule has 0 radical (unpaired) electrons. The molecule has 10 heteroatoms. The van der Waals surface area contributed by atoms with Gasteiger partial charge in [-0.25, -0.2) is 12.8 Å². The summed E-state index contributed by atoms with van der Waals surface area (Å²) in [6.07, 6.45) is 1.05. The minimum Gasteiger partial charge on any atom is -0.497 e. The van der Waals surface area contributed by atoms with Crippen LogP contribution in [-0.4, -0.2) is 41.4 Å². The Morgan fingerprint density at radius 3 is 2.26 bits per heavy atom. The van der Waals surface area contributed by atoms with Gasteiger partial charge in [-0.05, 0) is 42.5 Å². The van der Waals surface area contributed by atoms with E-state index in [1.54, 1.807) is 24.3 Å². The average molecular weight is 489 g/mol. The van der Waals surface area contributed by atoms with Crippen LogP contribution in [0.4, 0.5) is 15.8 Å². The van der Waals surface area contributed by atoms with E-state index in [1.165, 1.54) is 56.7 Å². The highest BCUT2D eigenvalue weighted by Crippen LogP contribution is 2.29. The normalized spacial score (nSPS) is 10.9. The number of halogens is 1. The number of benzene rings is 3. The van der Waals surface area contributed by atoms with E-state index in [2.05, 4.69) is 5.32 Å². The number of methoxy groups -OCH3 is 2. The molecule has 34 heavy (non-hydrogen) atoms. The summed E-state index contributed by atoms with van der Waals surface area (Å²) < 4.78 is 55.7. The van der Waals surface area contributed by atoms with Gasteiger partial charge in [0.2, 0.25) is 10.0 Å². The van der Waals surface area contributed by atoms with Crippen molar-refractivity contribution in [1.29, 1.82) is 0 Å². The third-order valence-electron chi connectivity index (χ3n) is 4.85. The maximum atomic E-state index is 14.0. The number of carbonyl (C=O) groups is 1. The summed E-state index contributed by atoms with van der Waals surface area (Å²) in [5.41, 5.74) is 1.05. The van der Waals surface area contributed by atoms with Crippen LogP contribution < -0.4 is 23.8 Å². The van der Waals surface area contributed by atoms with Crippen LogP contribution >= 0.6 is 0 Å². The summed E-state index contributed by atoms with van der Waals surface area (Å²) in [4.78, 5) is 12.3. The number of anilines is 2. The number of amides is 1. The summed E-state index contributed by atoms with van der Waals surface area (Å²) in [7, 11) is -0.667. The molecule has 1 N–H and O–H groups in total. The molecule has 3 aromatic carbocycles. The Hall–Kier alpha value is -3.79. The lowest BCUT2D eigenvalue weighted by atomic mass is 10.2. The van der Waals surface area contributed by atoms with Crippen molar-refractivity contribution >= 4 is 27.3 Å². The van der Waals surface area contributed by atoms with Gasteiger partial charge in [0.25, 0.3) is 5.91 Å². The van der Waals surface area contributed by atoms with Gasteiger partial charge in [0.15, 0.2) is 6.61 Å². The minimum atomic E-state index is -3.68. The predicted octanol–water partition coefficient (Wildman–Crippen LogP) is 3.83. The van der Waals surface area contributed by atoms with Gasteiger partial charge in [-0.15, -0.1) is 0 Å². The molecule has 0 unspecified atom stereocenters. The highest BCUT2D eigenvalue weighted by atomic mass is 32.2. The van der Waals surface area contributed by atoms with E-state index in [9.17, 15) is 17.6 Å². The first-order chi connectivity index (χ1) is 16.2. The third kappa shape index (κ3) is 6.38. The Morgan fingerprint density at radius 1 is 0.971 bits per heavy atom. The van der Waals surface area contributed by atoms with Gasteiger partial charge in [-0.2, -0.15) is 0 Å². The molecule has 0 aliphatic heterocycles. The molecule has 0 bridgehead atoms. The Bertz CT molecular complexity index is 1250. The second-order valence-electron chi connectivity index (χ2n) is 7.26. The van der Waals surface area contributed by atoms with Gasteiger partial charge in [-0.3, -0.25) is 9.10 Å². The maximum absolute atomic E-state index is 14.0. The fourth-order valence-corrected chi connectivity index (χ4v) is 4.01. The van der Waals surface area contributed by atoms with Crippen molar-refractivity contribution < 1.29 is 31.8 Å². The molecule has 0 fully saturated rings. The molecule has 0 spiro atoms. The highest BCUT2D eigenvalue weighted by molar-refractivity contribution is 7.92. The van der Waals surface area contributed by atoms with Crippen LogP contribution in [-0.2, 0) is 21.4 Å². The quantitative estimate of drug-likeness (QED) is 0.466. The lowest BCUT2D eigenvalue weighted by Gasteiger charge is -2.23. The molecule has 0 aromatic heterocycles. The molecule has 0 atom stereocenters. The predicted molar refractivity (Wildman–Crippen MR) is 128 cm³/mol. The van der Waals surface area contributed by atoms with Crippen LogP contribution in [0.15, 0.2) is 66.7 Å². The van der Waals surface area contributed by atoms with Gasteiger partial charge >= 0.3 is 0 Å². The monoisotopic (exact) mass is 488 g/mol. The molecule has 0 heterocycles. The Labute approximate surface area is 197 Å². The Balaban J connectivity index is 1.65. The topological polar surface area (TPSA) is 94.2 Å². The zero-order valence-electron chi connectivity index (χ0n) is 18.9. The van der Waals surface area contributed by atoms with Crippen LogP contribution in [0, 0.1) is 5.82 Å². The lowest BCUT2D eigenvalue weighted by Crippen LogP contribution is -2.29. The first-order valence-corrected chi connectivity index (χ1v) is 12.0. The van der Waals surface area contributed by atoms with Crippen molar-refractivity contribution in [3.05, 3.63) is 78.1 Å². The minimum absolute atomic E-state index is 0.155. The zero-order valence-corrected chi connectivity index (χ0v) is 19.8. The zero-order chi connectivity index (χ0) is 24.7. The number of sulfonamides is 1. The second kappa shape index (κ2) is 10.9. The van der Waals surface area contributed by atoms with E-state index in [-0.39, 0.29) is 18.7 Å². The summed E-state index contributed by atoms with van der Waals surface area (Å²) in [6, 6.07) is 17.1. The Kier molecular flexibility index (Phi) is 7.95. The molecule has 0 aliphatic carbocycles. The van der Waals surface area contributed by atoms with Gasteiger partial charge in [0.05, 0.1) is 38.4 Å². The van der Waals surface area contributed by atoms with Crippen LogP contribution in [0.3, 0.4) is 0 Å². The van der Waals surface area contributed by atoms with E-state index in [4.69, 9.17) is 14.2 Å². The molecule has 0 aliphatic rings. The number of hydrogen-bond donors (Lipinski definition) is 1. The number of nitrogens with one attached hydrogen (secondary N) is 1. The van der Waals surface area contributed by atoms with E-state index in [1.807, 2.05) is 0 Å². The van der Waals surface area contributed by atoms with Crippen LogP contribution in [0.2, 0.25) is 0 Å². The molecule has 0 saturated carbocycles. The Morgan fingerprint density at radius 2 is 1.65 bits per heavy atom. The fourth-order valence-electron chi connectivity index (χ4n) is 3.13. The molecule has 180 valence electrons.